The summed E-state index contributed by atoms with van der Waals surface area (Å²) in [5, 5.41) is -0.00833. The van der Waals surface area contributed by atoms with Crippen LogP contribution in [0, 0.1) is 0 Å². The van der Waals surface area contributed by atoms with Gasteiger partial charge in [-0.05, 0) is 29.7 Å². The van der Waals surface area contributed by atoms with Crippen molar-refractivity contribution in [3.05, 3.63) is 53.7 Å². The number of hydrogen-bond donors (Lipinski definition) is 2. The largest absolute Gasteiger partial charge is 0.326 e. The second-order valence-corrected chi connectivity index (χ2v) is 6.35. The molecule has 2 aromatic rings. The van der Waals surface area contributed by atoms with Crippen molar-refractivity contribution in [1.29, 1.82) is 0 Å². The summed E-state index contributed by atoms with van der Waals surface area (Å²) in [6.07, 6.45) is 3.24. The van der Waals surface area contributed by atoms with Gasteiger partial charge in [-0.2, -0.15) is 8.42 Å². The highest BCUT2D eigenvalue weighted by molar-refractivity contribution is 7.92. The van der Waals surface area contributed by atoms with Gasteiger partial charge in [0.2, 0.25) is 0 Å². The third kappa shape index (κ3) is 3.80. The van der Waals surface area contributed by atoms with Gasteiger partial charge >= 0.3 is 0 Å². The Morgan fingerprint density at radius 2 is 1.95 bits per heavy atom. The lowest BCUT2D eigenvalue weighted by Crippen LogP contribution is -2.16. The predicted molar refractivity (Wildman–Crippen MR) is 83.4 cm³/mol. The van der Waals surface area contributed by atoms with Crippen molar-refractivity contribution in [3.63, 3.8) is 0 Å². The van der Waals surface area contributed by atoms with Gasteiger partial charge < -0.3 is 5.73 Å². The molecule has 0 saturated carbocycles. The summed E-state index contributed by atoms with van der Waals surface area (Å²) in [5.41, 5.74) is 7.85. The molecule has 0 aliphatic carbocycles. The minimum atomic E-state index is -3.68. The van der Waals surface area contributed by atoms with E-state index < -0.39 is 10.0 Å². The molecule has 6 heteroatoms. The summed E-state index contributed by atoms with van der Waals surface area (Å²) in [6.45, 7) is 2.39. The first kappa shape index (κ1) is 15.5. The normalized spacial score (nSPS) is 11.3. The van der Waals surface area contributed by atoms with Gasteiger partial charge in [-0.25, -0.2) is 4.98 Å². The average molecular weight is 305 g/mol. The third-order valence-corrected chi connectivity index (χ3v) is 4.37. The fraction of sp³-hybridized carbons (Fsp3) is 0.267. The molecule has 112 valence electrons. The van der Waals surface area contributed by atoms with Crippen LogP contribution >= 0.6 is 0 Å². The van der Waals surface area contributed by atoms with E-state index in [2.05, 4.69) is 16.6 Å². The van der Waals surface area contributed by atoms with E-state index >= 15 is 0 Å². The highest BCUT2D eigenvalue weighted by atomic mass is 32.2. The van der Waals surface area contributed by atoms with Gasteiger partial charge in [0.05, 0.1) is 5.69 Å². The topological polar surface area (TPSA) is 85.1 Å². The molecule has 0 saturated heterocycles. The van der Waals surface area contributed by atoms with Gasteiger partial charge in [-0.3, -0.25) is 4.72 Å². The molecule has 1 heterocycles. The van der Waals surface area contributed by atoms with Gasteiger partial charge in [0.15, 0.2) is 5.03 Å². The van der Waals surface area contributed by atoms with Crippen LogP contribution < -0.4 is 10.5 Å². The summed E-state index contributed by atoms with van der Waals surface area (Å²) in [5.74, 6) is 0. The first-order valence-electron chi connectivity index (χ1n) is 6.82. The third-order valence-electron chi connectivity index (χ3n) is 3.09. The molecule has 1 aromatic carbocycles. The molecule has 0 aliphatic rings. The number of rotatable bonds is 6. The molecular weight excluding hydrogens is 286 g/mol. The van der Waals surface area contributed by atoms with Crippen molar-refractivity contribution >= 4 is 15.7 Å². The molecule has 5 nitrogen and oxygen atoms in total. The van der Waals surface area contributed by atoms with Crippen LogP contribution in [-0.4, -0.2) is 13.4 Å². The van der Waals surface area contributed by atoms with E-state index in [0.29, 0.717) is 12.2 Å². The molecule has 0 spiro atoms. The highest BCUT2D eigenvalue weighted by Crippen LogP contribution is 2.20. The first-order chi connectivity index (χ1) is 10.1. The summed E-state index contributed by atoms with van der Waals surface area (Å²) in [6, 6.07) is 10.5. The zero-order chi connectivity index (χ0) is 15.3. The second kappa shape index (κ2) is 6.69. The molecule has 0 fully saturated rings. The maximum absolute atomic E-state index is 12.4. The number of nitrogens with zero attached hydrogens (tertiary/aromatic N) is 1. The lowest BCUT2D eigenvalue weighted by molar-refractivity contribution is 0.597. The predicted octanol–water partition coefficient (Wildman–Crippen LogP) is 2.29. The van der Waals surface area contributed by atoms with Crippen LogP contribution in [0.5, 0.6) is 0 Å². The van der Waals surface area contributed by atoms with Gasteiger partial charge in [-0.15, -0.1) is 0 Å². The molecule has 3 N–H and O–H groups in total. The van der Waals surface area contributed by atoms with Crippen molar-refractivity contribution in [3.8, 4) is 0 Å². The number of benzene rings is 1. The Balaban J connectivity index is 2.28. The van der Waals surface area contributed by atoms with E-state index in [0.717, 1.165) is 24.0 Å². The Hall–Kier alpha value is -1.92. The fourth-order valence-electron chi connectivity index (χ4n) is 1.99. The van der Waals surface area contributed by atoms with Crippen molar-refractivity contribution < 1.29 is 8.42 Å². The number of nitrogens with two attached hydrogens (primary N) is 1. The molecule has 0 unspecified atom stereocenters. The molecule has 0 bridgehead atoms. The van der Waals surface area contributed by atoms with Gasteiger partial charge in [0, 0.05) is 12.7 Å². The molecule has 0 radical (unpaired) electrons. The van der Waals surface area contributed by atoms with E-state index in [1.54, 1.807) is 12.1 Å². The minimum Gasteiger partial charge on any atom is -0.326 e. The van der Waals surface area contributed by atoms with Gasteiger partial charge in [-0.1, -0.05) is 37.6 Å². The van der Waals surface area contributed by atoms with E-state index in [4.69, 9.17) is 5.73 Å². The van der Waals surface area contributed by atoms with Crippen LogP contribution in [0.2, 0.25) is 0 Å². The molecule has 2 rings (SSSR count). The number of hydrogen-bond acceptors (Lipinski definition) is 4. The number of para-hydroxylation sites is 1. The monoisotopic (exact) mass is 305 g/mol. The Morgan fingerprint density at radius 3 is 2.57 bits per heavy atom. The number of pyridine rings is 1. The van der Waals surface area contributed by atoms with Crippen LogP contribution in [0.25, 0.3) is 0 Å². The molecule has 0 amide bonds. The van der Waals surface area contributed by atoms with E-state index in [9.17, 15) is 8.42 Å². The van der Waals surface area contributed by atoms with Gasteiger partial charge in [0.1, 0.15) is 0 Å². The maximum atomic E-state index is 12.4. The summed E-state index contributed by atoms with van der Waals surface area (Å²) in [4.78, 5) is 3.96. The number of nitrogens with one attached hydrogen (secondary N) is 1. The Morgan fingerprint density at radius 1 is 1.19 bits per heavy atom. The van der Waals surface area contributed by atoms with Crippen LogP contribution in [0.15, 0.2) is 47.6 Å². The Labute approximate surface area is 125 Å². The Kier molecular flexibility index (Phi) is 4.93. The number of sulfonamides is 1. The first-order valence-corrected chi connectivity index (χ1v) is 8.31. The number of aryl methyl sites for hydroxylation is 1. The smallest absolute Gasteiger partial charge is 0.279 e. The van der Waals surface area contributed by atoms with Crippen molar-refractivity contribution in [2.75, 3.05) is 4.72 Å². The lowest BCUT2D eigenvalue weighted by Gasteiger charge is -2.11. The molecule has 0 atom stereocenters. The average Bonchev–Trinajstić information content (AvgIpc) is 2.49. The quantitative estimate of drug-likeness (QED) is 0.857. The summed E-state index contributed by atoms with van der Waals surface area (Å²) < 4.78 is 27.3. The molecule has 21 heavy (non-hydrogen) atoms. The van der Waals surface area contributed by atoms with E-state index in [1.165, 1.54) is 12.3 Å². The maximum Gasteiger partial charge on any atom is 0.279 e. The number of anilines is 1. The molecule has 0 aliphatic heterocycles. The Bertz CT molecular complexity index is 697. The zero-order valence-corrected chi connectivity index (χ0v) is 12.7. The van der Waals surface area contributed by atoms with Crippen molar-refractivity contribution in [2.45, 2.75) is 31.3 Å². The summed E-state index contributed by atoms with van der Waals surface area (Å²) >= 11 is 0. The van der Waals surface area contributed by atoms with E-state index in [-0.39, 0.29) is 5.03 Å². The SMILES string of the molecule is CCCc1ccccc1NS(=O)(=O)c1ccc(CN)cn1. The van der Waals surface area contributed by atoms with E-state index in [1.807, 2.05) is 18.2 Å². The molecule has 1 aromatic heterocycles. The van der Waals surface area contributed by atoms with Gasteiger partial charge in [0.25, 0.3) is 10.0 Å². The fourth-order valence-corrected chi connectivity index (χ4v) is 3.03. The second-order valence-electron chi connectivity index (χ2n) is 4.72. The highest BCUT2D eigenvalue weighted by Gasteiger charge is 2.17. The van der Waals surface area contributed by atoms with Crippen molar-refractivity contribution in [2.24, 2.45) is 5.73 Å². The number of aromatic nitrogens is 1. The summed E-state index contributed by atoms with van der Waals surface area (Å²) in [7, 11) is -3.68. The zero-order valence-electron chi connectivity index (χ0n) is 11.9. The van der Waals surface area contributed by atoms with Crippen LogP contribution in [0.3, 0.4) is 0 Å². The van der Waals surface area contributed by atoms with Crippen LogP contribution in [0.4, 0.5) is 5.69 Å². The lowest BCUT2D eigenvalue weighted by atomic mass is 10.1. The molecular formula is C15H19N3O2S. The standard InChI is InChI=1S/C15H19N3O2S/c1-2-5-13-6-3-4-7-14(13)18-21(19,20)15-9-8-12(10-16)11-17-15/h3-4,6-9,11,18H,2,5,10,16H2,1H3. The minimum absolute atomic E-state index is 0.00833. The van der Waals surface area contributed by atoms with Crippen LogP contribution in [-0.2, 0) is 23.0 Å². The van der Waals surface area contributed by atoms with Crippen LogP contribution in [0.1, 0.15) is 24.5 Å². The van der Waals surface area contributed by atoms with Crippen molar-refractivity contribution in [1.82, 2.24) is 4.98 Å².